The van der Waals surface area contributed by atoms with Crippen LogP contribution in [0.4, 0.5) is 4.39 Å². The molecule has 0 bridgehead atoms. The monoisotopic (exact) mass is 422 g/mol. The molecule has 0 saturated carbocycles. The molecule has 4 rings (SSSR count). The predicted octanol–water partition coefficient (Wildman–Crippen LogP) is 5.02. The number of carbonyl (C=O) groups is 1. The Labute approximate surface area is 177 Å². The number of hydrogen-bond donors (Lipinski definition) is 0. The number of halogens is 1. The minimum atomic E-state index is -0.555. The smallest absolute Gasteiger partial charge is 0.342 e. The number of carbonyl (C=O) groups excluding carboxylic acids is 1. The lowest BCUT2D eigenvalue weighted by Crippen LogP contribution is -2.08. The van der Waals surface area contributed by atoms with Crippen molar-refractivity contribution in [2.24, 2.45) is 0 Å². The summed E-state index contributed by atoms with van der Waals surface area (Å²) >= 11 is 0. The molecule has 0 spiro atoms. The molecule has 0 atom stereocenters. The maximum atomic E-state index is 13.1. The topological polar surface area (TPSA) is 87.6 Å². The Kier molecular flexibility index (Phi) is 5.79. The molecule has 0 aliphatic rings. The minimum Gasteiger partial charge on any atom is -0.488 e. The maximum Gasteiger partial charge on any atom is 0.342 e. The van der Waals surface area contributed by atoms with Crippen molar-refractivity contribution in [3.8, 4) is 17.2 Å². The molecule has 7 nitrogen and oxygen atoms in total. The highest BCUT2D eigenvalue weighted by Gasteiger charge is 2.17. The predicted molar refractivity (Wildman–Crippen MR) is 108 cm³/mol. The molecule has 31 heavy (non-hydrogen) atoms. The molecular formula is C23H19FN2O5. The van der Waals surface area contributed by atoms with Gasteiger partial charge in [0.2, 0.25) is 5.89 Å². The number of rotatable bonds is 7. The van der Waals surface area contributed by atoms with Gasteiger partial charge in [0.15, 0.2) is 0 Å². The minimum absolute atomic E-state index is 0.0816. The van der Waals surface area contributed by atoms with E-state index >= 15 is 0 Å². The van der Waals surface area contributed by atoms with Crippen molar-refractivity contribution >= 4 is 5.97 Å². The summed E-state index contributed by atoms with van der Waals surface area (Å²) in [7, 11) is 0. The maximum absolute atomic E-state index is 13.1. The van der Waals surface area contributed by atoms with Crippen LogP contribution < -0.4 is 4.74 Å². The fourth-order valence-electron chi connectivity index (χ4n) is 2.93. The molecular weight excluding hydrogens is 403 g/mol. The van der Waals surface area contributed by atoms with E-state index in [2.05, 4.69) is 10.1 Å². The van der Waals surface area contributed by atoms with Gasteiger partial charge in [0.1, 0.15) is 48.1 Å². The van der Waals surface area contributed by atoms with E-state index in [1.165, 1.54) is 18.4 Å². The summed E-state index contributed by atoms with van der Waals surface area (Å²) in [6, 6.07) is 12.6. The molecule has 0 radical (unpaired) electrons. The molecule has 2 aromatic carbocycles. The van der Waals surface area contributed by atoms with Crippen LogP contribution in [0.3, 0.4) is 0 Å². The number of aryl methyl sites for hydroxylation is 2. The van der Waals surface area contributed by atoms with Crippen molar-refractivity contribution in [2.75, 3.05) is 0 Å². The van der Waals surface area contributed by atoms with Gasteiger partial charge in [-0.3, -0.25) is 0 Å². The van der Waals surface area contributed by atoms with Crippen LogP contribution in [0, 0.1) is 19.7 Å². The van der Waals surface area contributed by atoms with Crippen LogP contribution in [0.25, 0.3) is 11.5 Å². The Bertz CT molecular complexity index is 1180. The lowest BCUT2D eigenvalue weighted by molar-refractivity contribution is 0.0462. The Hall–Kier alpha value is -3.94. The van der Waals surface area contributed by atoms with Gasteiger partial charge in [-0.15, -0.1) is 0 Å². The second-order valence-electron chi connectivity index (χ2n) is 6.81. The van der Waals surface area contributed by atoms with Crippen LogP contribution in [0.15, 0.2) is 63.7 Å². The molecule has 4 aromatic rings. The molecule has 0 N–H and O–H groups in total. The van der Waals surface area contributed by atoms with Gasteiger partial charge in [0, 0.05) is 5.56 Å². The third kappa shape index (κ3) is 4.63. The molecule has 0 aliphatic carbocycles. The number of para-hydroxylation sites is 1. The quantitative estimate of drug-likeness (QED) is 0.386. The molecule has 2 heterocycles. The van der Waals surface area contributed by atoms with Gasteiger partial charge < -0.3 is 18.4 Å². The summed E-state index contributed by atoms with van der Waals surface area (Å²) in [5, 5.41) is 3.90. The highest BCUT2D eigenvalue weighted by atomic mass is 19.1. The standard InChI is InChI=1S/C23H19FN2O5/c1-14-20(15(2)31-26-14)13-28-21-6-4-3-5-19(21)23(27)30-12-18-11-29-22(25-18)16-7-9-17(24)10-8-16/h3-11H,12-13H2,1-2H3. The van der Waals surface area contributed by atoms with E-state index in [-0.39, 0.29) is 24.6 Å². The van der Waals surface area contributed by atoms with Gasteiger partial charge in [-0.2, -0.15) is 0 Å². The molecule has 0 saturated heterocycles. The highest BCUT2D eigenvalue weighted by molar-refractivity contribution is 5.92. The van der Waals surface area contributed by atoms with E-state index in [4.69, 9.17) is 18.4 Å². The number of benzene rings is 2. The van der Waals surface area contributed by atoms with Gasteiger partial charge in [-0.1, -0.05) is 17.3 Å². The molecule has 2 aromatic heterocycles. The normalized spacial score (nSPS) is 10.8. The fourth-order valence-corrected chi connectivity index (χ4v) is 2.93. The fraction of sp³-hybridized carbons (Fsp3) is 0.174. The molecule has 0 aliphatic heterocycles. The molecule has 0 fully saturated rings. The second-order valence-corrected chi connectivity index (χ2v) is 6.81. The molecule has 0 amide bonds. The third-order valence-corrected chi connectivity index (χ3v) is 4.65. The third-order valence-electron chi connectivity index (χ3n) is 4.65. The second kappa shape index (κ2) is 8.83. The van der Waals surface area contributed by atoms with E-state index in [1.54, 1.807) is 43.3 Å². The number of ether oxygens (including phenoxy) is 2. The summed E-state index contributed by atoms with van der Waals surface area (Å²) in [5.74, 6) is 0.467. The van der Waals surface area contributed by atoms with Crippen LogP contribution in [-0.4, -0.2) is 16.1 Å². The van der Waals surface area contributed by atoms with E-state index in [0.717, 1.165) is 11.3 Å². The molecule has 0 unspecified atom stereocenters. The highest BCUT2D eigenvalue weighted by Crippen LogP contribution is 2.23. The SMILES string of the molecule is Cc1noc(C)c1COc1ccccc1C(=O)OCc1coc(-c2ccc(F)cc2)n1. The number of nitrogens with zero attached hydrogens (tertiary/aromatic N) is 2. The molecule has 158 valence electrons. The largest absolute Gasteiger partial charge is 0.488 e. The lowest BCUT2D eigenvalue weighted by atomic mass is 10.2. The van der Waals surface area contributed by atoms with E-state index in [0.29, 0.717) is 28.7 Å². The van der Waals surface area contributed by atoms with Crippen LogP contribution in [0.1, 0.15) is 33.1 Å². The number of aromatic nitrogens is 2. The summed E-state index contributed by atoms with van der Waals surface area (Å²) in [5.41, 5.74) is 2.91. The summed E-state index contributed by atoms with van der Waals surface area (Å²) in [4.78, 5) is 16.9. The first-order valence-electron chi connectivity index (χ1n) is 9.52. The first kappa shape index (κ1) is 20.3. The average Bonchev–Trinajstić information content (AvgIpc) is 3.38. The van der Waals surface area contributed by atoms with Crippen molar-refractivity contribution in [1.82, 2.24) is 10.1 Å². The summed E-state index contributed by atoms with van der Waals surface area (Å²) in [6.07, 6.45) is 1.39. The Morgan fingerprint density at radius 1 is 1.06 bits per heavy atom. The van der Waals surface area contributed by atoms with Crippen LogP contribution in [-0.2, 0) is 18.0 Å². The van der Waals surface area contributed by atoms with Gasteiger partial charge in [0.05, 0.1) is 11.3 Å². The Morgan fingerprint density at radius 3 is 2.58 bits per heavy atom. The van der Waals surface area contributed by atoms with Crippen molar-refractivity contribution in [1.29, 1.82) is 0 Å². The van der Waals surface area contributed by atoms with Gasteiger partial charge in [-0.05, 0) is 50.2 Å². The number of esters is 1. The number of oxazole rings is 1. The zero-order valence-corrected chi connectivity index (χ0v) is 16.9. The first-order valence-corrected chi connectivity index (χ1v) is 9.52. The lowest BCUT2D eigenvalue weighted by Gasteiger charge is -2.10. The van der Waals surface area contributed by atoms with Gasteiger partial charge in [-0.25, -0.2) is 14.2 Å². The van der Waals surface area contributed by atoms with Crippen LogP contribution in [0.5, 0.6) is 5.75 Å². The van der Waals surface area contributed by atoms with E-state index in [9.17, 15) is 9.18 Å². The van der Waals surface area contributed by atoms with E-state index < -0.39 is 5.97 Å². The van der Waals surface area contributed by atoms with Crippen LogP contribution in [0.2, 0.25) is 0 Å². The Balaban J connectivity index is 1.41. The van der Waals surface area contributed by atoms with Crippen molar-refractivity contribution in [3.05, 3.63) is 88.9 Å². The number of hydrogen-bond acceptors (Lipinski definition) is 7. The Morgan fingerprint density at radius 2 is 1.84 bits per heavy atom. The van der Waals surface area contributed by atoms with Crippen molar-refractivity contribution < 1.29 is 27.6 Å². The zero-order chi connectivity index (χ0) is 21.8. The van der Waals surface area contributed by atoms with Gasteiger partial charge >= 0.3 is 5.97 Å². The summed E-state index contributed by atoms with van der Waals surface area (Å²) in [6.45, 7) is 3.77. The van der Waals surface area contributed by atoms with Crippen molar-refractivity contribution in [2.45, 2.75) is 27.1 Å². The van der Waals surface area contributed by atoms with Crippen LogP contribution >= 0.6 is 0 Å². The summed E-state index contributed by atoms with van der Waals surface area (Å²) < 4.78 is 34.8. The zero-order valence-electron chi connectivity index (χ0n) is 16.9. The average molecular weight is 422 g/mol. The first-order chi connectivity index (χ1) is 15.0. The van der Waals surface area contributed by atoms with Gasteiger partial charge in [0.25, 0.3) is 0 Å². The molecule has 8 heteroatoms. The van der Waals surface area contributed by atoms with Crippen molar-refractivity contribution in [3.63, 3.8) is 0 Å². The van der Waals surface area contributed by atoms with E-state index in [1.807, 2.05) is 6.92 Å².